The highest BCUT2D eigenvalue weighted by atomic mass is 32.1. The summed E-state index contributed by atoms with van der Waals surface area (Å²) in [4.78, 5) is 27.3. The van der Waals surface area contributed by atoms with E-state index in [9.17, 15) is 4.79 Å². The summed E-state index contributed by atoms with van der Waals surface area (Å²) in [5, 5.41) is 4.87. The molecule has 0 aliphatic carbocycles. The topological polar surface area (TPSA) is 85.8 Å². The molecule has 0 radical (unpaired) electrons. The Morgan fingerprint density at radius 3 is 2.77 bits per heavy atom. The Hall–Kier alpha value is -3.78. The van der Waals surface area contributed by atoms with Gasteiger partial charge in [0.1, 0.15) is 5.76 Å². The van der Waals surface area contributed by atoms with Crippen LogP contribution in [0.3, 0.4) is 0 Å². The lowest BCUT2D eigenvalue weighted by molar-refractivity contribution is 0.102. The molecule has 0 saturated heterocycles. The fraction of sp³-hybridized carbons (Fsp3) is 0.130. The number of nitrogens with zero attached hydrogens (tertiary/aromatic N) is 4. The van der Waals surface area contributed by atoms with Gasteiger partial charge in [0.2, 0.25) is 11.8 Å². The van der Waals surface area contributed by atoms with Crippen LogP contribution >= 0.6 is 11.3 Å². The van der Waals surface area contributed by atoms with E-state index in [1.54, 1.807) is 13.1 Å². The van der Waals surface area contributed by atoms with Gasteiger partial charge in [-0.15, -0.1) is 11.3 Å². The average molecular weight is 430 g/mol. The number of rotatable bonds is 6. The van der Waals surface area contributed by atoms with E-state index in [4.69, 9.17) is 4.42 Å². The number of thiophene rings is 1. The number of aromatic nitrogens is 4. The van der Waals surface area contributed by atoms with Gasteiger partial charge >= 0.3 is 0 Å². The molecule has 0 aliphatic heterocycles. The first-order valence-corrected chi connectivity index (χ1v) is 10.7. The van der Waals surface area contributed by atoms with Crippen molar-refractivity contribution in [1.82, 2.24) is 19.5 Å². The first-order chi connectivity index (χ1) is 15.2. The summed E-state index contributed by atoms with van der Waals surface area (Å²) in [5.74, 6) is 1.04. The van der Waals surface area contributed by atoms with E-state index in [-0.39, 0.29) is 11.6 Å². The van der Waals surface area contributed by atoms with Crippen molar-refractivity contribution in [3.63, 3.8) is 0 Å². The molecule has 0 spiro atoms. The number of aryl methyl sites for hydroxylation is 3. The molecular formula is C23H19N5O2S. The first-order valence-electron chi connectivity index (χ1n) is 9.87. The molecule has 4 heterocycles. The minimum absolute atomic E-state index is 0.256. The van der Waals surface area contributed by atoms with Crippen molar-refractivity contribution in [2.24, 2.45) is 0 Å². The van der Waals surface area contributed by atoms with Crippen molar-refractivity contribution in [3.8, 4) is 10.8 Å². The quantitative estimate of drug-likeness (QED) is 0.413. The van der Waals surface area contributed by atoms with E-state index in [2.05, 4.69) is 20.3 Å². The largest absolute Gasteiger partial charge is 0.440 e. The van der Waals surface area contributed by atoms with E-state index in [1.165, 1.54) is 11.3 Å². The molecule has 7 nitrogen and oxygen atoms in total. The molecule has 5 aromatic rings. The summed E-state index contributed by atoms with van der Waals surface area (Å²) in [6.45, 7) is 2.37. The third-order valence-corrected chi connectivity index (χ3v) is 5.80. The summed E-state index contributed by atoms with van der Waals surface area (Å²) < 4.78 is 7.71. The van der Waals surface area contributed by atoms with Crippen LogP contribution in [0.5, 0.6) is 0 Å². The lowest BCUT2D eigenvalue weighted by atomic mass is 10.2. The second-order valence-corrected chi connectivity index (χ2v) is 7.95. The number of anilines is 1. The molecule has 0 unspecified atom stereocenters. The number of carbonyl (C=O) groups is 1. The van der Waals surface area contributed by atoms with Crippen LogP contribution in [0.15, 0.2) is 70.6 Å². The maximum atomic E-state index is 13.0. The van der Waals surface area contributed by atoms with Gasteiger partial charge in [0, 0.05) is 24.9 Å². The van der Waals surface area contributed by atoms with Crippen LogP contribution in [0.25, 0.3) is 21.8 Å². The second kappa shape index (κ2) is 8.16. The Morgan fingerprint density at radius 1 is 1.10 bits per heavy atom. The number of oxazole rings is 1. The molecule has 8 heteroatoms. The summed E-state index contributed by atoms with van der Waals surface area (Å²) >= 11 is 1.51. The maximum Gasteiger partial charge on any atom is 0.280 e. The molecule has 1 aromatic carbocycles. The van der Waals surface area contributed by atoms with Gasteiger partial charge < -0.3 is 8.98 Å². The zero-order chi connectivity index (χ0) is 21.2. The number of pyridine rings is 1. The number of carbonyl (C=O) groups excluding carboxylic acids is 1. The average Bonchev–Trinajstić information content (AvgIpc) is 3.51. The number of fused-ring (bicyclic) bond motifs is 1. The molecule has 31 heavy (non-hydrogen) atoms. The van der Waals surface area contributed by atoms with Crippen LogP contribution in [0.1, 0.15) is 21.9 Å². The van der Waals surface area contributed by atoms with Gasteiger partial charge in [0.15, 0.2) is 5.69 Å². The van der Waals surface area contributed by atoms with Gasteiger partial charge in [-0.25, -0.2) is 9.97 Å². The van der Waals surface area contributed by atoms with Gasteiger partial charge in [0.25, 0.3) is 5.91 Å². The number of imidazole rings is 1. The predicted molar refractivity (Wildman–Crippen MR) is 120 cm³/mol. The third-order valence-electron chi connectivity index (χ3n) is 4.94. The van der Waals surface area contributed by atoms with E-state index in [1.807, 2.05) is 64.5 Å². The minimum Gasteiger partial charge on any atom is -0.440 e. The highest BCUT2D eigenvalue weighted by molar-refractivity contribution is 7.13. The number of para-hydroxylation sites is 2. The lowest BCUT2D eigenvalue weighted by Gasteiger charge is -2.09. The van der Waals surface area contributed by atoms with E-state index >= 15 is 0 Å². The van der Waals surface area contributed by atoms with Crippen LogP contribution in [-0.4, -0.2) is 25.4 Å². The smallest absolute Gasteiger partial charge is 0.280 e. The molecule has 1 N–H and O–H groups in total. The molecule has 0 saturated carbocycles. The van der Waals surface area contributed by atoms with Crippen molar-refractivity contribution >= 4 is 34.2 Å². The van der Waals surface area contributed by atoms with Gasteiger partial charge in [0.05, 0.1) is 15.9 Å². The number of nitrogens with one attached hydrogen (secondary N) is 1. The zero-order valence-electron chi connectivity index (χ0n) is 16.8. The second-order valence-electron chi connectivity index (χ2n) is 7.00. The fourth-order valence-electron chi connectivity index (χ4n) is 3.44. The normalized spacial score (nSPS) is 11.1. The molecule has 1 amide bonds. The van der Waals surface area contributed by atoms with Gasteiger partial charge in [-0.3, -0.25) is 15.1 Å². The van der Waals surface area contributed by atoms with Crippen molar-refractivity contribution in [1.29, 1.82) is 0 Å². The Balaban J connectivity index is 1.44. The van der Waals surface area contributed by atoms with E-state index in [0.29, 0.717) is 24.1 Å². The lowest BCUT2D eigenvalue weighted by Crippen LogP contribution is -2.18. The van der Waals surface area contributed by atoms with Crippen molar-refractivity contribution in [2.75, 3.05) is 5.32 Å². The van der Waals surface area contributed by atoms with Crippen LogP contribution in [0.2, 0.25) is 0 Å². The van der Waals surface area contributed by atoms with Crippen LogP contribution in [0, 0.1) is 6.92 Å². The van der Waals surface area contributed by atoms with Crippen LogP contribution in [-0.2, 0) is 13.0 Å². The summed E-state index contributed by atoms with van der Waals surface area (Å²) in [7, 11) is 0. The highest BCUT2D eigenvalue weighted by Gasteiger charge is 2.21. The number of hydrogen-bond acceptors (Lipinski definition) is 6. The van der Waals surface area contributed by atoms with Crippen molar-refractivity contribution in [2.45, 2.75) is 19.9 Å². The maximum absolute atomic E-state index is 13.0. The number of hydrogen-bond donors (Lipinski definition) is 1. The zero-order valence-corrected chi connectivity index (χ0v) is 17.6. The van der Waals surface area contributed by atoms with Gasteiger partial charge in [-0.2, -0.15) is 0 Å². The molecular weight excluding hydrogens is 410 g/mol. The molecule has 5 rings (SSSR count). The standard InChI is InChI=1S/C23H19N5O2S/c1-15-20(26-22(30-15)19-10-6-14-31-19)21(29)27-23-25-17-8-2-3-9-18(17)28(23)13-11-16-7-4-5-12-24-16/h2-10,12,14H,11,13H2,1H3,(H,25,27,29). The van der Waals surface area contributed by atoms with Crippen molar-refractivity contribution < 1.29 is 9.21 Å². The van der Waals surface area contributed by atoms with E-state index < -0.39 is 0 Å². The highest BCUT2D eigenvalue weighted by Crippen LogP contribution is 2.27. The Bertz CT molecular complexity index is 1340. The molecule has 4 aromatic heterocycles. The SMILES string of the molecule is Cc1oc(-c2cccs2)nc1C(=O)Nc1nc2ccccc2n1CCc1ccccn1. The fourth-order valence-corrected chi connectivity index (χ4v) is 4.09. The first kappa shape index (κ1) is 19.2. The number of amides is 1. The monoisotopic (exact) mass is 429 g/mol. The predicted octanol–water partition coefficient (Wildman–Crippen LogP) is 4.95. The summed E-state index contributed by atoms with van der Waals surface area (Å²) in [6.07, 6.45) is 2.50. The van der Waals surface area contributed by atoms with Crippen LogP contribution in [0.4, 0.5) is 5.95 Å². The molecule has 0 bridgehead atoms. The summed E-state index contributed by atoms with van der Waals surface area (Å²) in [5.41, 5.74) is 3.00. The Morgan fingerprint density at radius 2 is 1.97 bits per heavy atom. The molecule has 0 atom stereocenters. The van der Waals surface area contributed by atoms with Gasteiger partial charge in [-0.1, -0.05) is 24.3 Å². The Labute approximate surface area is 182 Å². The number of benzene rings is 1. The Kier molecular flexibility index (Phi) is 5.05. The third kappa shape index (κ3) is 3.85. The van der Waals surface area contributed by atoms with Crippen LogP contribution < -0.4 is 5.32 Å². The van der Waals surface area contributed by atoms with E-state index in [0.717, 1.165) is 28.0 Å². The van der Waals surface area contributed by atoms with Crippen molar-refractivity contribution in [3.05, 3.63) is 83.3 Å². The van der Waals surface area contributed by atoms with Gasteiger partial charge in [-0.05, 0) is 42.6 Å². The molecule has 0 fully saturated rings. The summed E-state index contributed by atoms with van der Waals surface area (Å²) in [6, 6.07) is 17.5. The molecule has 154 valence electrons. The molecule has 0 aliphatic rings. The minimum atomic E-state index is -0.349.